The van der Waals surface area contributed by atoms with Gasteiger partial charge in [0.25, 0.3) is 0 Å². The van der Waals surface area contributed by atoms with Gasteiger partial charge in [-0.1, -0.05) is 42.5 Å². The number of fused-ring (bicyclic) bond motifs is 3. The molecule has 0 aliphatic heterocycles. The first-order valence-electron chi connectivity index (χ1n) is 3.94. The van der Waals surface area contributed by atoms with Crippen molar-refractivity contribution in [2.45, 2.75) is 0 Å². The summed E-state index contributed by atoms with van der Waals surface area (Å²) in [5, 5.41) is 0. The number of hydrogen-bond donors (Lipinski definition) is 0. The normalized spacial score (nSPS) is 23.6. The van der Waals surface area contributed by atoms with Gasteiger partial charge in [0.1, 0.15) is 0 Å². The van der Waals surface area contributed by atoms with Gasteiger partial charge >= 0.3 is 0 Å². The average molecular weight is 140 g/mol. The van der Waals surface area contributed by atoms with Gasteiger partial charge in [-0.2, -0.15) is 0 Å². The number of rotatable bonds is 0. The summed E-state index contributed by atoms with van der Waals surface area (Å²) in [5.41, 5.74) is 4.32. The first kappa shape index (κ1) is 5.36. The molecule has 0 aromatic heterocycles. The van der Waals surface area contributed by atoms with E-state index in [0.717, 1.165) is 0 Å². The van der Waals surface area contributed by atoms with Crippen LogP contribution >= 0.6 is 0 Å². The highest BCUT2D eigenvalue weighted by molar-refractivity contribution is 5.90. The van der Waals surface area contributed by atoms with Gasteiger partial charge in [0, 0.05) is 5.92 Å². The Labute approximate surface area is 65.9 Å². The fraction of sp³-hybridized carbons (Fsp3) is 0.0909. The molecule has 0 fully saturated rings. The fourth-order valence-electron chi connectivity index (χ4n) is 1.69. The molecule has 11 heavy (non-hydrogen) atoms. The lowest BCUT2D eigenvalue weighted by Gasteiger charge is -2.06. The molecule has 0 spiro atoms. The smallest absolute Gasteiger partial charge is 0.0211 e. The zero-order valence-electron chi connectivity index (χ0n) is 6.12. The van der Waals surface area contributed by atoms with Crippen molar-refractivity contribution in [1.82, 2.24) is 0 Å². The Morgan fingerprint density at radius 1 is 1.09 bits per heavy atom. The SMILES string of the molecule is C1=CC2C=C2c2ccccc21. The predicted octanol–water partition coefficient (Wildman–Crippen LogP) is 2.73. The summed E-state index contributed by atoms with van der Waals surface area (Å²) in [7, 11) is 0. The van der Waals surface area contributed by atoms with Crippen LogP contribution in [0.3, 0.4) is 0 Å². The maximum Gasteiger partial charge on any atom is 0.0211 e. The molecule has 0 nitrogen and oxygen atoms in total. The highest BCUT2D eigenvalue weighted by atomic mass is 14.3. The van der Waals surface area contributed by atoms with E-state index in [9.17, 15) is 0 Å². The molecule has 0 radical (unpaired) electrons. The summed E-state index contributed by atoms with van der Waals surface area (Å²) in [6, 6.07) is 8.56. The van der Waals surface area contributed by atoms with Crippen LogP contribution in [0.2, 0.25) is 0 Å². The number of hydrogen-bond acceptors (Lipinski definition) is 0. The quantitative estimate of drug-likeness (QED) is 0.519. The monoisotopic (exact) mass is 140 g/mol. The molecule has 0 N–H and O–H groups in total. The molecule has 0 bridgehead atoms. The average Bonchev–Trinajstić information content (AvgIpc) is 2.83. The van der Waals surface area contributed by atoms with E-state index in [1.807, 2.05) is 0 Å². The molecule has 2 aliphatic rings. The van der Waals surface area contributed by atoms with Crippen LogP contribution in [0.1, 0.15) is 11.1 Å². The molecule has 0 heteroatoms. The minimum atomic E-state index is 0.671. The van der Waals surface area contributed by atoms with E-state index in [1.54, 1.807) is 0 Å². The molecule has 52 valence electrons. The second kappa shape index (κ2) is 1.65. The molecule has 3 rings (SSSR count). The number of benzene rings is 1. The van der Waals surface area contributed by atoms with Crippen LogP contribution < -0.4 is 0 Å². The molecule has 1 unspecified atom stereocenters. The van der Waals surface area contributed by atoms with Gasteiger partial charge in [0.2, 0.25) is 0 Å². The molecule has 1 atom stereocenters. The summed E-state index contributed by atoms with van der Waals surface area (Å²) < 4.78 is 0. The highest BCUT2D eigenvalue weighted by Crippen LogP contribution is 2.44. The van der Waals surface area contributed by atoms with Crippen molar-refractivity contribution in [3.8, 4) is 0 Å². The Balaban J connectivity index is 2.31. The third kappa shape index (κ3) is 0.640. The second-order valence-corrected chi connectivity index (χ2v) is 3.09. The molecular formula is C11H8. The Morgan fingerprint density at radius 3 is 3.00 bits per heavy atom. The molecule has 1 aromatic rings. The van der Waals surface area contributed by atoms with E-state index >= 15 is 0 Å². The second-order valence-electron chi connectivity index (χ2n) is 3.09. The van der Waals surface area contributed by atoms with Gasteiger partial charge in [-0.15, -0.1) is 0 Å². The van der Waals surface area contributed by atoms with Crippen LogP contribution in [0.4, 0.5) is 0 Å². The van der Waals surface area contributed by atoms with Crippen molar-refractivity contribution >= 4 is 11.6 Å². The van der Waals surface area contributed by atoms with Crippen molar-refractivity contribution in [3.05, 3.63) is 47.5 Å². The lowest BCUT2D eigenvalue weighted by atomic mass is 9.98. The summed E-state index contributed by atoms with van der Waals surface area (Å²) >= 11 is 0. The van der Waals surface area contributed by atoms with Crippen molar-refractivity contribution in [2.75, 3.05) is 0 Å². The summed E-state index contributed by atoms with van der Waals surface area (Å²) in [5.74, 6) is 0.671. The Hall–Kier alpha value is -1.30. The topological polar surface area (TPSA) is 0 Å². The fourth-order valence-corrected chi connectivity index (χ4v) is 1.69. The van der Waals surface area contributed by atoms with Gasteiger partial charge in [-0.05, 0) is 16.7 Å². The van der Waals surface area contributed by atoms with E-state index < -0.39 is 0 Å². The van der Waals surface area contributed by atoms with Crippen LogP contribution in [-0.4, -0.2) is 0 Å². The standard InChI is InChI=1S/C11H8/c1-2-4-10-8(3-1)5-6-9-7-11(9)10/h1-7,9H. The van der Waals surface area contributed by atoms with Crippen LogP contribution in [0.5, 0.6) is 0 Å². The Morgan fingerprint density at radius 2 is 2.00 bits per heavy atom. The van der Waals surface area contributed by atoms with Crippen molar-refractivity contribution in [2.24, 2.45) is 5.92 Å². The molecule has 1 aromatic carbocycles. The van der Waals surface area contributed by atoms with Crippen molar-refractivity contribution < 1.29 is 0 Å². The van der Waals surface area contributed by atoms with E-state index in [-0.39, 0.29) is 0 Å². The van der Waals surface area contributed by atoms with Gasteiger partial charge < -0.3 is 0 Å². The largest absolute Gasteiger partial charge is 0.0726 e. The van der Waals surface area contributed by atoms with Gasteiger partial charge in [-0.25, -0.2) is 0 Å². The highest BCUT2D eigenvalue weighted by Gasteiger charge is 2.27. The maximum absolute atomic E-state index is 2.31. The molecule has 0 saturated heterocycles. The Bertz CT molecular complexity index is 369. The maximum atomic E-state index is 2.31. The van der Waals surface area contributed by atoms with E-state index in [4.69, 9.17) is 0 Å². The van der Waals surface area contributed by atoms with Crippen LogP contribution in [0, 0.1) is 5.92 Å². The lowest BCUT2D eigenvalue weighted by molar-refractivity contribution is 1.25. The van der Waals surface area contributed by atoms with Gasteiger partial charge in [0.05, 0.1) is 0 Å². The molecule has 2 aliphatic carbocycles. The first-order valence-corrected chi connectivity index (χ1v) is 3.94. The summed E-state index contributed by atoms with van der Waals surface area (Å²) in [6.45, 7) is 0. The molecule has 0 heterocycles. The van der Waals surface area contributed by atoms with Gasteiger partial charge in [-0.3, -0.25) is 0 Å². The van der Waals surface area contributed by atoms with E-state index in [2.05, 4.69) is 42.5 Å². The minimum Gasteiger partial charge on any atom is -0.0726 e. The zero-order chi connectivity index (χ0) is 7.26. The predicted molar refractivity (Wildman–Crippen MR) is 46.9 cm³/mol. The zero-order valence-corrected chi connectivity index (χ0v) is 6.12. The summed E-state index contributed by atoms with van der Waals surface area (Å²) in [4.78, 5) is 0. The Kier molecular flexibility index (Phi) is 0.803. The lowest BCUT2D eigenvalue weighted by Crippen LogP contribution is -1.88. The third-order valence-corrected chi connectivity index (χ3v) is 2.36. The molecule has 0 amide bonds. The first-order chi connectivity index (χ1) is 5.45. The molecular weight excluding hydrogens is 132 g/mol. The van der Waals surface area contributed by atoms with E-state index in [1.165, 1.54) is 16.7 Å². The number of allylic oxidation sites excluding steroid dienone is 3. The summed E-state index contributed by atoms with van der Waals surface area (Å²) in [6.07, 6.45) is 6.78. The van der Waals surface area contributed by atoms with Crippen LogP contribution in [0.15, 0.2) is 36.4 Å². The van der Waals surface area contributed by atoms with Gasteiger partial charge in [0.15, 0.2) is 0 Å². The minimum absolute atomic E-state index is 0.671. The van der Waals surface area contributed by atoms with Crippen LogP contribution in [0.25, 0.3) is 11.6 Å². The third-order valence-electron chi connectivity index (χ3n) is 2.36. The van der Waals surface area contributed by atoms with Crippen molar-refractivity contribution in [3.63, 3.8) is 0 Å². The molecule has 0 saturated carbocycles. The van der Waals surface area contributed by atoms with Crippen molar-refractivity contribution in [1.29, 1.82) is 0 Å². The van der Waals surface area contributed by atoms with E-state index in [0.29, 0.717) is 5.92 Å². The van der Waals surface area contributed by atoms with Crippen LogP contribution in [-0.2, 0) is 0 Å².